The van der Waals surface area contributed by atoms with Crippen molar-refractivity contribution in [2.24, 2.45) is 0 Å². The first kappa shape index (κ1) is 25.1. The number of amides is 1. The standard InChI is InChI=1S/C25H30FNO5/c1-15(2)32-23(25(29)30)13-18-9-10-22(31-5)20(12-18)14-27-24(28)16(3)11-19-7-6-8-21(26)17(19)4/h6-12,15,23H,13-14H2,1-5H3,(H,27,28)(H,29,30). The topological polar surface area (TPSA) is 84.9 Å². The second-order valence-corrected chi connectivity index (χ2v) is 7.83. The van der Waals surface area contributed by atoms with Crippen LogP contribution in [-0.2, 0) is 27.3 Å². The number of hydrogen-bond acceptors (Lipinski definition) is 4. The number of carbonyl (C=O) groups is 2. The van der Waals surface area contributed by atoms with Gasteiger partial charge >= 0.3 is 5.97 Å². The van der Waals surface area contributed by atoms with Crippen LogP contribution < -0.4 is 10.1 Å². The highest BCUT2D eigenvalue weighted by molar-refractivity contribution is 5.97. The van der Waals surface area contributed by atoms with Crippen LogP contribution in [-0.4, -0.2) is 36.3 Å². The third kappa shape index (κ3) is 6.92. The Morgan fingerprint density at radius 2 is 1.94 bits per heavy atom. The quantitative estimate of drug-likeness (QED) is 0.536. The van der Waals surface area contributed by atoms with Crippen LogP contribution in [0.1, 0.15) is 43.0 Å². The molecule has 172 valence electrons. The van der Waals surface area contributed by atoms with Crippen LogP contribution in [0.2, 0.25) is 0 Å². The molecule has 0 bridgehead atoms. The van der Waals surface area contributed by atoms with Crippen molar-refractivity contribution in [1.29, 1.82) is 0 Å². The molecule has 0 saturated carbocycles. The zero-order valence-corrected chi connectivity index (χ0v) is 19.1. The summed E-state index contributed by atoms with van der Waals surface area (Å²) in [4.78, 5) is 24.1. The largest absolute Gasteiger partial charge is 0.496 e. The van der Waals surface area contributed by atoms with Gasteiger partial charge in [0.15, 0.2) is 6.10 Å². The Morgan fingerprint density at radius 3 is 2.56 bits per heavy atom. The summed E-state index contributed by atoms with van der Waals surface area (Å²) < 4.78 is 24.6. The molecule has 0 spiro atoms. The van der Waals surface area contributed by atoms with Crippen molar-refractivity contribution >= 4 is 18.0 Å². The highest BCUT2D eigenvalue weighted by Crippen LogP contribution is 2.22. The van der Waals surface area contributed by atoms with Crippen molar-refractivity contribution in [3.63, 3.8) is 0 Å². The molecule has 2 aromatic carbocycles. The molecule has 0 aromatic heterocycles. The summed E-state index contributed by atoms with van der Waals surface area (Å²) in [5, 5.41) is 12.2. The maximum absolute atomic E-state index is 13.7. The number of aliphatic carboxylic acids is 1. The highest BCUT2D eigenvalue weighted by Gasteiger charge is 2.21. The van der Waals surface area contributed by atoms with Gasteiger partial charge in [0.2, 0.25) is 5.91 Å². The molecule has 0 aliphatic rings. The monoisotopic (exact) mass is 443 g/mol. The number of methoxy groups -OCH3 is 1. The summed E-state index contributed by atoms with van der Waals surface area (Å²) in [6.45, 7) is 7.08. The minimum absolute atomic E-state index is 0.186. The zero-order valence-electron chi connectivity index (χ0n) is 19.1. The zero-order chi connectivity index (χ0) is 23.8. The Labute approximate surface area is 188 Å². The van der Waals surface area contributed by atoms with Crippen LogP contribution in [0, 0.1) is 12.7 Å². The molecule has 32 heavy (non-hydrogen) atoms. The molecule has 0 heterocycles. The van der Waals surface area contributed by atoms with E-state index in [9.17, 15) is 19.1 Å². The minimum Gasteiger partial charge on any atom is -0.496 e. The number of ether oxygens (including phenoxy) is 2. The molecule has 0 aliphatic carbocycles. The number of carbonyl (C=O) groups excluding carboxylic acids is 1. The predicted molar refractivity (Wildman–Crippen MR) is 121 cm³/mol. The van der Waals surface area contributed by atoms with Crippen LogP contribution in [0.15, 0.2) is 42.0 Å². The maximum atomic E-state index is 13.7. The number of carboxylic acids is 1. The summed E-state index contributed by atoms with van der Waals surface area (Å²) in [5.74, 6) is -1.08. The number of halogens is 1. The molecular formula is C25H30FNO5. The Balaban J connectivity index is 2.14. The van der Waals surface area contributed by atoms with Crippen molar-refractivity contribution in [3.8, 4) is 5.75 Å². The summed E-state index contributed by atoms with van der Waals surface area (Å²) in [7, 11) is 1.53. The van der Waals surface area contributed by atoms with Crippen molar-refractivity contribution in [1.82, 2.24) is 5.32 Å². The van der Waals surface area contributed by atoms with E-state index in [1.807, 2.05) is 0 Å². The SMILES string of the molecule is COc1ccc(CC(OC(C)C)C(=O)O)cc1CNC(=O)C(C)=Cc1cccc(F)c1C. The van der Waals surface area contributed by atoms with Gasteiger partial charge in [-0.1, -0.05) is 24.3 Å². The third-order valence-electron chi connectivity index (χ3n) is 4.96. The van der Waals surface area contributed by atoms with Gasteiger partial charge in [-0.3, -0.25) is 4.79 Å². The smallest absolute Gasteiger partial charge is 0.333 e. The Kier molecular flexibility index (Phi) is 8.96. The van der Waals surface area contributed by atoms with E-state index in [4.69, 9.17) is 9.47 Å². The van der Waals surface area contributed by atoms with E-state index in [2.05, 4.69) is 5.32 Å². The highest BCUT2D eigenvalue weighted by atomic mass is 19.1. The molecule has 0 aliphatic heterocycles. The average Bonchev–Trinajstić information content (AvgIpc) is 2.74. The minimum atomic E-state index is -1.03. The van der Waals surface area contributed by atoms with Gasteiger partial charge in [-0.15, -0.1) is 0 Å². The molecule has 2 aromatic rings. The van der Waals surface area contributed by atoms with E-state index in [1.54, 1.807) is 64.1 Å². The third-order valence-corrected chi connectivity index (χ3v) is 4.96. The van der Waals surface area contributed by atoms with Gasteiger partial charge in [-0.05, 0) is 62.6 Å². The fourth-order valence-corrected chi connectivity index (χ4v) is 3.23. The van der Waals surface area contributed by atoms with Gasteiger partial charge in [-0.25, -0.2) is 9.18 Å². The van der Waals surface area contributed by atoms with Crippen LogP contribution >= 0.6 is 0 Å². The van der Waals surface area contributed by atoms with Crippen LogP contribution in [0.3, 0.4) is 0 Å². The number of nitrogens with one attached hydrogen (secondary N) is 1. The van der Waals surface area contributed by atoms with E-state index in [1.165, 1.54) is 13.2 Å². The number of carboxylic acid groups (broad SMARTS) is 1. The first-order chi connectivity index (χ1) is 15.1. The molecule has 7 heteroatoms. The Hall–Kier alpha value is -3.19. The summed E-state index contributed by atoms with van der Waals surface area (Å²) in [6.07, 6.45) is 0.647. The number of rotatable bonds is 10. The fraction of sp³-hybridized carbons (Fsp3) is 0.360. The molecule has 0 fully saturated rings. The molecule has 6 nitrogen and oxygen atoms in total. The van der Waals surface area contributed by atoms with Gasteiger partial charge in [0.1, 0.15) is 11.6 Å². The van der Waals surface area contributed by atoms with Gasteiger partial charge < -0.3 is 19.9 Å². The van der Waals surface area contributed by atoms with Gasteiger partial charge in [0.05, 0.1) is 13.2 Å². The average molecular weight is 444 g/mol. The molecule has 0 radical (unpaired) electrons. The van der Waals surface area contributed by atoms with E-state index in [0.717, 1.165) is 5.56 Å². The van der Waals surface area contributed by atoms with E-state index < -0.39 is 12.1 Å². The molecule has 2 N–H and O–H groups in total. The van der Waals surface area contributed by atoms with E-state index in [0.29, 0.717) is 28.0 Å². The lowest BCUT2D eigenvalue weighted by molar-refractivity contribution is -0.153. The van der Waals surface area contributed by atoms with Crippen LogP contribution in [0.25, 0.3) is 6.08 Å². The molecule has 1 amide bonds. The Bertz CT molecular complexity index is 1000. The summed E-state index contributed by atoms with van der Waals surface area (Å²) in [5.41, 5.74) is 3.02. The lowest BCUT2D eigenvalue weighted by Crippen LogP contribution is -2.29. The van der Waals surface area contributed by atoms with Gasteiger partial charge in [-0.2, -0.15) is 0 Å². The molecule has 2 rings (SSSR count). The second-order valence-electron chi connectivity index (χ2n) is 7.83. The van der Waals surface area contributed by atoms with Crippen LogP contribution in [0.5, 0.6) is 5.75 Å². The first-order valence-electron chi connectivity index (χ1n) is 10.4. The molecular weight excluding hydrogens is 413 g/mol. The Morgan fingerprint density at radius 1 is 1.22 bits per heavy atom. The normalized spacial score (nSPS) is 12.5. The van der Waals surface area contributed by atoms with Crippen molar-refractivity contribution in [2.45, 2.75) is 52.9 Å². The van der Waals surface area contributed by atoms with Crippen molar-refractivity contribution < 1.29 is 28.6 Å². The second kappa shape index (κ2) is 11.4. The summed E-state index contributed by atoms with van der Waals surface area (Å²) in [6, 6.07) is 10.0. The van der Waals surface area contributed by atoms with E-state index >= 15 is 0 Å². The first-order valence-corrected chi connectivity index (χ1v) is 10.4. The van der Waals surface area contributed by atoms with Gasteiger partial charge in [0.25, 0.3) is 0 Å². The van der Waals surface area contributed by atoms with Crippen molar-refractivity contribution in [2.75, 3.05) is 7.11 Å². The fourth-order valence-electron chi connectivity index (χ4n) is 3.23. The molecule has 1 atom stereocenters. The van der Waals surface area contributed by atoms with E-state index in [-0.39, 0.29) is 30.8 Å². The number of hydrogen-bond donors (Lipinski definition) is 2. The molecule has 1 unspecified atom stereocenters. The maximum Gasteiger partial charge on any atom is 0.333 e. The lowest BCUT2D eigenvalue weighted by atomic mass is 10.0. The van der Waals surface area contributed by atoms with Crippen molar-refractivity contribution in [3.05, 3.63) is 70.0 Å². The van der Waals surface area contributed by atoms with Gasteiger partial charge in [0, 0.05) is 24.1 Å². The molecule has 0 saturated heterocycles. The predicted octanol–water partition coefficient (Wildman–Crippen LogP) is 4.28. The lowest BCUT2D eigenvalue weighted by Gasteiger charge is -2.18. The number of benzene rings is 2. The summed E-state index contributed by atoms with van der Waals surface area (Å²) >= 11 is 0. The van der Waals surface area contributed by atoms with Crippen LogP contribution in [0.4, 0.5) is 4.39 Å².